The molecule has 2 N–H and O–H groups in total. The van der Waals surface area contributed by atoms with Crippen LogP contribution < -0.4 is 10.6 Å². The number of thiocarbonyl (C=S) groups is 1. The van der Waals surface area contributed by atoms with Crippen molar-refractivity contribution in [3.05, 3.63) is 33.9 Å². The average molecular weight is 349 g/mol. The van der Waals surface area contributed by atoms with E-state index in [1.807, 2.05) is 0 Å². The van der Waals surface area contributed by atoms with Crippen molar-refractivity contribution in [3.8, 4) is 0 Å². The monoisotopic (exact) mass is 349 g/mol. The molecule has 1 aromatic rings. The fourth-order valence-electron chi connectivity index (χ4n) is 2.17. The summed E-state index contributed by atoms with van der Waals surface area (Å²) in [4.78, 5) is 9.75. The predicted molar refractivity (Wildman–Crippen MR) is 81.3 cm³/mol. The number of nitro groups is 1. The van der Waals surface area contributed by atoms with Crippen molar-refractivity contribution in [2.24, 2.45) is 0 Å². The Morgan fingerprint density at radius 2 is 2.22 bits per heavy atom. The SMILES string of the molecule is O=[N+]([O-])c1ccc(NC(=S)NCC2CCCO2)c(C(F)(F)F)c1. The Morgan fingerprint density at radius 1 is 1.48 bits per heavy atom. The highest BCUT2D eigenvalue weighted by Gasteiger charge is 2.35. The molecule has 0 aromatic heterocycles. The van der Waals surface area contributed by atoms with Crippen LogP contribution in [0.25, 0.3) is 0 Å². The number of halogens is 3. The number of non-ortho nitro benzene ring substituents is 1. The Kier molecular flexibility index (Phi) is 5.37. The van der Waals surface area contributed by atoms with E-state index in [0.717, 1.165) is 25.0 Å². The molecule has 0 spiro atoms. The van der Waals surface area contributed by atoms with Crippen molar-refractivity contribution in [1.29, 1.82) is 0 Å². The molecular weight excluding hydrogens is 335 g/mol. The molecule has 23 heavy (non-hydrogen) atoms. The molecule has 2 rings (SSSR count). The molecule has 0 saturated carbocycles. The summed E-state index contributed by atoms with van der Waals surface area (Å²) in [5, 5.41) is 15.8. The van der Waals surface area contributed by atoms with Gasteiger partial charge < -0.3 is 15.4 Å². The normalized spacial score (nSPS) is 17.8. The van der Waals surface area contributed by atoms with Gasteiger partial charge in [0.25, 0.3) is 5.69 Å². The van der Waals surface area contributed by atoms with Crippen LogP contribution in [-0.4, -0.2) is 29.3 Å². The highest BCUT2D eigenvalue weighted by atomic mass is 32.1. The summed E-state index contributed by atoms with van der Waals surface area (Å²) in [5.74, 6) is 0. The second kappa shape index (κ2) is 7.09. The first-order chi connectivity index (χ1) is 10.8. The van der Waals surface area contributed by atoms with Gasteiger partial charge >= 0.3 is 6.18 Å². The van der Waals surface area contributed by atoms with Crippen LogP contribution in [0.2, 0.25) is 0 Å². The van der Waals surface area contributed by atoms with Crippen LogP contribution in [0.5, 0.6) is 0 Å². The number of nitrogens with zero attached hydrogens (tertiary/aromatic N) is 1. The molecule has 0 bridgehead atoms. The van der Waals surface area contributed by atoms with Gasteiger partial charge in [-0.05, 0) is 31.1 Å². The molecule has 1 unspecified atom stereocenters. The Balaban J connectivity index is 2.08. The third-order valence-electron chi connectivity index (χ3n) is 3.28. The van der Waals surface area contributed by atoms with Gasteiger partial charge in [0.15, 0.2) is 5.11 Å². The molecule has 0 amide bonds. The van der Waals surface area contributed by atoms with E-state index in [1.54, 1.807) is 0 Å². The van der Waals surface area contributed by atoms with E-state index >= 15 is 0 Å². The molecule has 0 aliphatic carbocycles. The van der Waals surface area contributed by atoms with Gasteiger partial charge in [-0.2, -0.15) is 13.2 Å². The summed E-state index contributed by atoms with van der Waals surface area (Å²) in [6, 6.07) is 2.45. The number of hydrogen-bond donors (Lipinski definition) is 2. The van der Waals surface area contributed by atoms with Crippen LogP contribution in [0.15, 0.2) is 18.2 Å². The average Bonchev–Trinajstić information content (AvgIpc) is 2.97. The Morgan fingerprint density at radius 3 is 2.78 bits per heavy atom. The third-order valence-corrected chi connectivity index (χ3v) is 3.53. The van der Waals surface area contributed by atoms with E-state index in [1.165, 1.54) is 0 Å². The first-order valence-electron chi connectivity index (χ1n) is 6.79. The zero-order valence-electron chi connectivity index (χ0n) is 11.9. The molecule has 10 heteroatoms. The fraction of sp³-hybridized carbons (Fsp3) is 0.462. The van der Waals surface area contributed by atoms with Gasteiger partial charge in [-0.3, -0.25) is 10.1 Å². The lowest BCUT2D eigenvalue weighted by Crippen LogP contribution is -2.35. The number of nitrogens with one attached hydrogen (secondary N) is 2. The topological polar surface area (TPSA) is 76.4 Å². The quantitative estimate of drug-likeness (QED) is 0.494. The van der Waals surface area contributed by atoms with Crippen LogP contribution in [0.3, 0.4) is 0 Å². The van der Waals surface area contributed by atoms with Crippen molar-refractivity contribution in [2.75, 3.05) is 18.5 Å². The van der Waals surface area contributed by atoms with E-state index in [9.17, 15) is 23.3 Å². The van der Waals surface area contributed by atoms with Crippen molar-refractivity contribution in [1.82, 2.24) is 5.32 Å². The minimum Gasteiger partial charge on any atom is -0.376 e. The van der Waals surface area contributed by atoms with Crippen LogP contribution in [0.1, 0.15) is 18.4 Å². The number of rotatable bonds is 4. The number of nitro benzene ring substituents is 1. The van der Waals surface area contributed by atoms with E-state index in [-0.39, 0.29) is 16.9 Å². The van der Waals surface area contributed by atoms with Gasteiger partial charge in [0.1, 0.15) is 0 Å². The molecular formula is C13H14F3N3O3S. The summed E-state index contributed by atoms with van der Waals surface area (Å²) in [7, 11) is 0. The summed E-state index contributed by atoms with van der Waals surface area (Å²) in [6.07, 6.45) is -2.96. The van der Waals surface area contributed by atoms with Crippen LogP contribution >= 0.6 is 12.2 Å². The molecule has 126 valence electrons. The third kappa shape index (κ3) is 4.76. The van der Waals surface area contributed by atoms with Crippen molar-refractivity contribution < 1.29 is 22.8 Å². The van der Waals surface area contributed by atoms with Crippen LogP contribution in [0, 0.1) is 10.1 Å². The largest absolute Gasteiger partial charge is 0.418 e. The van der Waals surface area contributed by atoms with E-state index in [2.05, 4.69) is 10.6 Å². The minimum absolute atomic E-state index is 0.000136. The number of anilines is 1. The lowest BCUT2D eigenvalue weighted by atomic mass is 10.1. The van der Waals surface area contributed by atoms with Gasteiger partial charge in [0, 0.05) is 25.3 Å². The summed E-state index contributed by atoms with van der Waals surface area (Å²) < 4.78 is 44.5. The van der Waals surface area contributed by atoms with E-state index < -0.39 is 22.4 Å². The van der Waals surface area contributed by atoms with Gasteiger partial charge in [0.2, 0.25) is 0 Å². The summed E-state index contributed by atoms with van der Waals surface area (Å²) >= 11 is 4.96. The molecule has 1 saturated heterocycles. The highest BCUT2D eigenvalue weighted by Crippen LogP contribution is 2.37. The summed E-state index contributed by atoms with van der Waals surface area (Å²) in [6.45, 7) is 1.05. The molecule has 1 atom stereocenters. The smallest absolute Gasteiger partial charge is 0.376 e. The fourth-order valence-corrected chi connectivity index (χ4v) is 2.36. The second-order valence-corrected chi connectivity index (χ2v) is 5.36. The second-order valence-electron chi connectivity index (χ2n) is 4.95. The number of ether oxygens (including phenoxy) is 1. The Hall–Kier alpha value is -1.94. The molecule has 1 aromatic carbocycles. The summed E-state index contributed by atoms with van der Waals surface area (Å²) in [5.41, 5.74) is -2.12. The molecule has 1 heterocycles. The standard InChI is InChI=1S/C13H14F3N3O3S/c14-13(15,16)10-6-8(19(20)21)3-4-11(10)18-12(23)17-7-9-2-1-5-22-9/h3-4,6,9H,1-2,5,7H2,(H2,17,18,23). The molecule has 1 aliphatic heterocycles. The van der Waals surface area contributed by atoms with Crippen molar-refractivity contribution in [2.45, 2.75) is 25.1 Å². The molecule has 1 aliphatic rings. The van der Waals surface area contributed by atoms with Crippen LogP contribution in [0.4, 0.5) is 24.5 Å². The molecule has 1 fully saturated rings. The zero-order valence-corrected chi connectivity index (χ0v) is 12.7. The molecule has 0 radical (unpaired) electrons. The Bertz CT molecular complexity index is 604. The maximum Gasteiger partial charge on any atom is 0.418 e. The predicted octanol–water partition coefficient (Wildman–Crippen LogP) is 3.08. The van der Waals surface area contributed by atoms with Crippen molar-refractivity contribution >= 4 is 28.7 Å². The number of alkyl halides is 3. The van der Waals surface area contributed by atoms with Crippen LogP contribution in [-0.2, 0) is 10.9 Å². The number of benzene rings is 1. The van der Waals surface area contributed by atoms with Gasteiger partial charge in [-0.1, -0.05) is 0 Å². The highest BCUT2D eigenvalue weighted by molar-refractivity contribution is 7.80. The van der Waals surface area contributed by atoms with Crippen molar-refractivity contribution in [3.63, 3.8) is 0 Å². The van der Waals surface area contributed by atoms with E-state index in [0.29, 0.717) is 19.2 Å². The maximum absolute atomic E-state index is 13.0. The van der Waals surface area contributed by atoms with Gasteiger partial charge in [0.05, 0.1) is 22.3 Å². The van der Waals surface area contributed by atoms with Gasteiger partial charge in [-0.25, -0.2) is 0 Å². The first-order valence-corrected chi connectivity index (χ1v) is 7.20. The maximum atomic E-state index is 13.0. The molecule has 6 nitrogen and oxygen atoms in total. The lowest BCUT2D eigenvalue weighted by molar-refractivity contribution is -0.385. The minimum atomic E-state index is -4.74. The zero-order chi connectivity index (χ0) is 17.0. The van der Waals surface area contributed by atoms with Gasteiger partial charge in [-0.15, -0.1) is 0 Å². The number of hydrogen-bond acceptors (Lipinski definition) is 4. The lowest BCUT2D eigenvalue weighted by Gasteiger charge is -2.17. The van der Waals surface area contributed by atoms with E-state index in [4.69, 9.17) is 17.0 Å². The Labute approximate surface area is 135 Å². The first kappa shape index (κ1) is 17.4.